The van der Waals surface area contributed by atoms with Crippen molar-refractivity contribution in [3.05, 3.63) is 42.5 Å². The van der Waals surface area contributed by atoms with Gasteiger partial charge in [0.05, 0.1) is 12.4 Å². The van der Waals surface area contributed by atoms with E-state index < -0.39 is 5.82 Å². The van der Waals surface area contributed by atoms with Gasteiger partial charge < -0.3 is 16.4 Å². The number of aromatic nitrogens is 5. The van der Waals surface area contributed by atoms with Crippen LogP contribution in [0.15, 0.2) is 36.7 Å². The van der Waals surface area contributed by atoms with Gasteiger partial charge in [0, 0.05) is 6.07 Å². The van der Waals surface area contributed by atoms with Crippen LogP contribution in [0.2, 0.25) is 0 Å². The Kier molecular flexibility index (Phi) is 4.70. The van der Waals surface area contributed by atoms with E-state index in [-0.39, 0.29) is 17.6 Å². The van der Waals surface area contributed by atoms with Gasteiger partial charge >= 0.3 is 0 Å². The average molecular weight is 343 g/mol. The number of hydrogen-bond acceptors (Lipinski definition) is 8. The normalized spacial score (nSPS) is 10.9. The molecule has 0 aliphatic heterocycles. The zero-order valence-corrected chi connectivity index (χ0v) is 13.8. The number of nitrogens with zero attached hydrogens (tertiary/aromatic N) is 6. The standard InChI is InChI=1S/C15H18FN9/c1-24(2)9-20-12-7-13(19-8-18-12)25-14(17)22-15(23-25)21-11-6-4-3-5-10(11)16/h3-8H,9H2,1-2H3,(H,18,19,20)(H3,17,21,22,23). The summed E-state index contributed by atoms with van der Waals surface area (Å²) in [5.41, 5.74) is 6.16. The second-order valence-corrected chi connectivity index (χ2v) is 5.49. The Bertz CT molecular complexity index is 862. The van der Waals surface area contributed by atoms with Crippen LogP contribution in [0, 0.1) is 5.82 Å². The monoisotopic (exact) mass is 343 g/mol. The van der Waals surface area contributed by atoms with Crippen molar-refractivity contribution in [3.63, 3.8) is 0 Å². The fraction of sp³-hybridized carbons (Fsp3) is 0.200. The minimum Gasteiger partial charge on any atom is -0.368 e. The Morgan fingerprint density at radius 3 is 2.80 bits per heavy atom. The molecule has 3 aromatic rings. The first-order chi connectivity index (χ1) is 12.0. The molecule has 0 atom stereocenters. The molecule has 0 unspecified atom stereocenters. The van der Waals surface area contributed by atoms with Gasteiger partial charge in [0.1, 0.15) is 18.0 Å². The Morgan fingerprint density at radius 1 is 1.24 bits per heavy atom. The van der Waals surface area contributed by atoms with Crippen molar-refractivity contribution < 1.29 is 4.39 Å². The van der Waals surface area contributed by atoms with Gasteiger partial charge in [-0.1, -0.05) is 12.1 Å². The van der Waals surface area contributed by atoms with Crippen LogP contribution in [0.5, 0.6) is 0 Å². The molecule has 0 fully saturated rings. The van der Waals surface area contributed by atoms with E-state index in [2.05, 4.69) is 30.7 Å². The number of hydrogen-bond donors (Lipinski definition) is 3. The van der Waals surface area contributed by atoms with Crippen LogP contribution in [0.1, 0.15) is 0 Å². The van der Waals surface area contributed by atoms with Crippen molar-refractivity contribution in [1.82, 2.24) is 29.6 Å². The third kappa shape index (κ3) is 3.98. The van der Waals surface area contributed by atoms with E-state index in [1.54, 1.807) is 24.3 Å². The average Bonchev–Trinajstić information content (AvgIpc) is 2.96. The maximum atomic E-state index is 13.7. The molecule has 4 N–H and O–H groups in total. The van der Waals surface area contributed by atoms with Gasteiger partial charge in [0.2, 0.25) is 11.9 Å². The third-order valence-electron chi connectivity index (χ3n) is 3.20. The van der Waals surface area contributed by atoms with Crippen LogP contribution < -0.4 is 16.4 Å². The molecule has 0 spiro atoms. The molecule has 0 amide bonds. The summed E-state index contributed by atoms with van der Waals surface area (Å²) in [5.74, 6) is 0.954. The zero-order chi connectivity index (χ0) is 17.8. The molecule has 0 radical (unpaired) electrons. The maximum absolute atomic E-state index is 13.7. The van der Waals surface area contributed by atoms with Crippen molar-refractivity contribution in [2.45, 2.75) is 0 Å². The molecule has 2 heterocycles. The fourth-order valence-corrected chi connectivity index (χ4v) is 2.03. The van der Waals surface area contributed by atoms with Crippen LogP contribution in [-0.4, -0.2) is 50.4 Å². The summed E-state index contributed by atoms with van der Waals surface area (Å²) in [6, 6.07) is 7.93. The minimum atomic E-state index is -0.408. The smallest absolute Gasteiger partial charge is 0.248 e. The van der Waals surface area contributed by atoms with Crippen molar-refractivity contribution in [2.24, 2.45) is 0 Å². The second-order valence-electron chi connectivity index (χ2n) is 5.49. The molecule has 25 heavy (non-hydrogen) atoms. The van der Waals surface area contributed by atoms with Gasteiger partial charge in [-0.05, 0) is 26.2 Å². The van der Waals surface area contributed by atoms with E-state index in [1.807, 2.05) is 19.0 Å². The summed E-state index contributed by atoms with van der Waals surface area (Å²) in [6.45, 7) is 0.614. The first-order valence-corrected chi connectivity index (χ1v) is 7.48. The molecular weight excluding hydrogens is 325 g/mol. The van der Waals surface area contributed by atoms with E-state index in [4.69, 9.17) is 5.73 Å². The second kappa shape index (κ2) is 7.09. The van der Waals surface area contributed by atoms with Crippen molar-refractivity contribution >= 4 is 23.4 Å². The topological polar surface area (TPSA) is 110 Å². The molecule has 9 nitrogen and oxygen atoms in total. The number of halogens is 1. The predicted octanol–water partition coefficient (Wildman–Crippen LogP) is 1.45. The van der Waals surface area contributed by atoms with E-state index >= 15 is 0 Å². The Balaban J connectivity index is 1.83. The van der Waals surface area contributed by atoms with Crippen LogP contribution in [-0.2, 0) is 0 Å². The Hall–Kier alpha value is -3.27. The third-order valence-corrected chi connectivity index (χ3v) is 3.20. The van der Waals surface area contributed by atoms with Gasteiger partial charge in [0.25, 0.3) is 0 Å². The number of benzene rings is 1. The van der Waals surface area contributed by atoms with Gasteiger partial charge in [-0.15, -0.1) is 5.10 Å². The Labute approximate surface area is 143 Å². The number of nitrogen functional groups attached to an aromatic ring is 1. The van der Waals surface area contributed by atoms with E-state index in [0.29, 0.717) is 18.3 Å². The van der Waals surface area contributed by atoms with Gasteiger partial charge in [-0.2, -0.15) is 9.67 Å². The number of anilines is 4. The zero-order valence-electron chi connectivity index (χ0n) is 13.8. The highest BCUT2D eigenvalue weighted by Gasteiger charge is 2.12. The number of nitrogens with two attached hydrogens (primary N) is 1. The SMILES string of the molecule is CN(C)CNc1cc(-n2nc(Nc3ccccc3F)nc2N)ncn1. The lowest BCUT2D eigenvalue weighted by atomic mass is 10.3. The predicted molar refractivity (Wildman–Crippen MR) is 93.2 cm³/mol. The lowest BCUT2D eigenvalue weighted by molar-refractivity contribution is 0.439. The van der Waals surface area contributed by atoms with Crippen molar-refractivity contribution in [1.29, 1.82) is 0 Å². The van der Waals surface area contributed by atoms with Crippen LogP contribution in [0.25, 0.3) is 5.82 Å². The first-order valence-electron chi connectivity index (χ1n) is 7.48. The van der Waals surface area contributed by atoms with Crippen molar-refractivity contribution in [2.75, 3.05) is 37.1 Å². The van der Waals surface area contributed by atoms with Crippen LogP contribution in [0.4, 0.5) is 27.8 Å². The number of para-hydroxylation sites is 1. The fourth-order valence-electron chi connectivity index (χ4n) is 2.03. The van der Waals surface area contributed by atoms with Crippen molar-refractivity contribution in [3.8, 4) is 5.82 Å². The molecule has 130 valence electrons. The largest absolute Gasteiger partial charge is 0.368 e. The Morgan fingerprint density at radius 2 is 2.04 bits per heavy atom. The molecule has 0 saturated carbocycles. The summed E-state index contributed by atoms with van der Waals surface area (Å²) in [6.07, 6.45) is 1.40. The summed E-state index contributed by atoms with van der Waals surface area (Å²) >= 11 is 0. The van der Waals surface area contributed by atoms with E-state index in [9.17, 15) is 4.39 Å². The van der Waals surface area contributed by atoms with Crippen LogP contribution in [0.3, 0.4) is 0 Å². The molecule has 0 aliphatic carbocycles. The number of rotatable bonds is 6. The molecule has 0 saturated heterocycles. The summed E-state index contributed by atoms with van der Waals surface area (Å²) in [5, 5.41) is 10.2. The lowest BCUT2D eigenvalue weighted by Gasteiger charge is -2.11. The highest BCUT2D eigenvalue weighted by molar-refractivity contribution is 5.55. The quantitative estimate of drug-likeness (QED) is 0.577. The first kappa shape index (κ1) is 16.6. The molecule has 10 heteroatoms. The van der Waals surface area contributed by atoms with E-state index in [1.165, 1.54) is 17.1 Å². The summed E-state index contributed by atoms with van der Waals surface area (Å²) in [4.78, 5) is 14.3. The maximum Gasteiger partial charge on any atom is 0.248 e. The summed E-state index contributed by atoms with van der Waals surface area (Å²) < 4.78 is 15.1. The van der Waals surface area contributed by atoms with E-state index in [0.717, 1.165) is 0 Å². The van der Waals surface area contributed by atoms with Gasteiger partial charge in [-0.3, -0.25) is 4.90 Å². The molecular formula is C15H18FN9. The minimum absolute atomic E-state index is 0.121. The van der Waals surface area contributed by atoms with Gasteiger partial charge in [0.15, 0.2) is 5.82 Å². The van der Waals surface area contributed by atoms with Crippen LogP contribution >= 0.6 is 0 Å². The number of nitrogens with one attached hydrogen (secondary N) is 2. The highest BCUT2D eigenvalue weighted by Crippen LogP contribution is 2.19. The molecule has 0 bridgehead atoms. The molecule has 0 aliphatic rings. The molecule has 2 aromatic heterocycles. The lowest BCUT2D eigenvalue weighted by Crippen LogP contribution is -2.21. The molecule has 3 rings (SSSR count). The summed E-state index contributed by atoms with van der Waals surface area (Å²) in [7, 11) is 3.87. The molecule has 1 aromatic carbocycles. The van der Waals surface area contributed by atoms with Gasteiger partial charge in [-0.25, -0.2) is 14.4 Å². The highest BCUT2D eigenvalue weighted by atomic mass is 19.1.